The molecule has 110 valence electrons. The third kappa shape index (κ3) is 3.69. The van der Waals surface area contributed by atoms with Crippen molar-refractivity contribution in [2.24, 2.45) is 0 Å². The highest BCUT2D eigenvalue weighted by molar-refractivity contribution is 6.30. The Morgan fingerprint density at radius 1 is 1.40 bits per heavy atom. The highest BCUT2D eigenvalue weighted by Gasteiger charge is 2.24. The summed E-state index contributed by atoms with van der Waals surface area (Å²) in [5, 5.41) is 20.7. The fraction of sp³-hybridized carbons (Fsp3) is 0.571. The number of hydrogen-bond donors (Lipinski definition) is 1. The van der Waals surface area contributed by atoms with Crippen molar-refractivity contribution in [3.05, 3.63) is 38.9 Å². The number of nitro groups is 1. The molecule has 1 fully saturated rings. The van der Waals surface area contributed by atoms with E-state index in [1.54, 1.807) is 12.1 Å². The fourth-order valence-corrected chi connectivity index (χ4v) is 3.01. The number of nitrogens with zero attached hydrogens (tertiary/aromatic N) is 2. The van der Waals surface area contributed by atoms with Crippen LogP contribution in [0.5, 0.6) is 0 Å². The molecule has 0 amide bonds. The molecule has 1 aromatic carbocycles. The summed E-state index contributed by atoms with van der Waals surface area (Å²) in [6.07, 6.45) is 4.58. The Bertz CT molecular complexity index is 475. The average molecular weight is 299 g/mol. The number of aliphatic hydroxyl groups is 1. The van der Waals surface area contributed by atoms with E-state index in [4.69, 9.17) is 11.6 Å². The summed E-state index contributed by atoms with van der Waals surface area (Å²) in [7, 11) is 0. The predicted octanol–water partition coefficient (Wildman–Crippen LogP) is 2.99. The number of halogens is 1. The molecule has 0 atom stereocenters. The summed E-state index contributed by atoms with van der Waals surface area (Å²) in [4.78, 5) is 12.9. The van der Waals surface area contributed by atoms with Gasteiger partial charge in [-0.3, -0.25) is 15.0 Å². The highest BCUT2D eigenvalue weighted by Crippen LogP contribution is 2.28. The number of benzene rings is 1. The summed E-state index contributed by atoms with van der Waals surface area (Å²) in [6.45, 7) is 1.10. The zero-order chi connectivity index (χ0) is 14.5. The molecular formula is C14H19ClN2O3. The average Bonchev–Trinajstić information content (AvgIpc) is 2.93. The maximum atomic E-state index is 11.1. The van der Waals surface area contributed by atoms with E-state index < -0.39 is 4.92 Å². The van der Waals surface area contributed by atoms with Gasteiger partial charge in [-0.15, -0.1) is 0 Å². The lowest BCUT2D eigenvalue weighted by atomic mass is 10.1. The van der Waals surface area contributed by atoms with Crippen LogP contribution in [0.2, 0.25) is 5.02 Å². The molecule has 1 N–H and O–H groups in total. The van der Waals surface area contributed by atoms with Crippen molar-refractivity contribution in [3.8, 4) is 0 Å². The van der Waals surface area contributed by atoms with E-state index in [9.17, 15) is 15.2 Å². The van der Waals surface area contributed by atoms with Gasteiger partial charge in [0.25, 0.3) is 5.69 Å². The lowest BCUT2D eigenvalue weighted by molar-refractivity contribution is -0.385. The molecule has 1 aromatic rings. The van der Waals surface area contributed by atoms with Crippen LogP contribution in [0.4, 0.5) is 5.69 Å². The van der Waals surface area contributed by atoms with Crippen LogP contribution >= 0.6 is 11.6 Å². The molecule has 0 unspecified atom stereocenters. The van der Waals surface area contributed by atoms with Gasteiger partial charge in [0.1, 0.15) is 0 Å². The summed E-state index contributed by atoms with van der Waals surface area (Å²) in [5.74, 6) is 0. The summed E-state index contributed by atoms with van der Waals surface area (Å²) in [6, 6.07) is 5.19. The Kier molecular flexibility index (Phi) is 5.34. The van der Waals surface area contributed by atoms with Crippen LogP contribution < -0.4 is 0 Å². The van der Waals surface area contributed by atoms with Crippen molar-refractivity contribution < 1.29 is 10.0 Å². The van der Waals surface area contributed by atoms with Gasteiger partial charge in [-0.05, 0) is 25.0 Å². The van der Waals surface area contributed by atoms with Crippen LogP contribution in [-0.2, 0) is 6.54 Å². The van der Waals surface area contributed by atoms with E-state index >= 15 is 0 Å². The highest BCUT2D eigenvalue weighted by atomic mass is 35.5. The van der Waals surface area contributed by atoms with Crippen molar-refractivity contribution in [1.29, 1.82) is 0 Å². The molecule has 1 aliphatic carbocycles. The third-order valence-electron chi connectivity index (χ3n) is 3.85. The van der Waals surface area contributed by atoms with Gasteiger partial charge in [0.15, 0.2) is 0 Å². The fourth-order valence-electron chi connectivity index (χ4n) is 2.85. The van der Waals surface area contributed by atoms with E-state index in [2.05, 4.69) is 4.90 Å². The maximum absolute atomic E-state index is 11.1. The Morgan fingerprint density at radius 2 is 2.10 bits per heavy atom. The normalized spacial score (nSPS) is 15.9. The Balaban J connectivity index is 2.19. The molecule has 6 heteroatoms. The predicted molar refractivity (Wildman–Crippen MR) is 77.9 cm³/mol. The second-order valence-electron chi connectivity index (χ2n) is 5.16. The minimum Gasteiger partial charge on any atom is -0.395 e. The standard InChI is InChI=1S/C14H19ClN2O3/c15-12-6-5-11(14(9-12)17(19)20)10-16(7-8-18)13-3-1-2-4-13/h5-6,9,13,18H,1-4,7-8,10H2. The topological polar surface area (TPSA) is 66.6 Å². The molecule has 0 radical (unpaired) electrons. The van der Waals surface area contributed by atoms with E-state index in [0.717, 1.165) is 12.8 Å². The minimum atomic E-state index is -0.396. The van der Waals surface area contributed by atoms with Gasteiger partial charge in [0.2, 0.25) is 0 Å². The molecule has 0 aliphatic heterocycles. The number of aliphatic hydroxyl groups excluding tert-OH is 1. The Morgan fingerprint density at radius 3 is 2.70 bits per heavy atom. The summed E-state index contributed by atoms with van der Waals surface area (Å²) in [5.41, 5.74) is 0.707. The van der Waals surface area contributed by atoms with E-state index in [0.29, 0.717) is 29.7 Å². The molecule has 2 rings (SSSR count). The molecule has 1 aliphatic rings. The first kappa shape index (κ1) is 15.2. The van der Waals surface area contributed by atoms with Gasteiger partial charge in [0.05, 0.1) is 11.5 Å². The van der Waals surface area contributed by atoms with Gasteiger partial charge in [-0.1, -0.05) is 24.4 Å². The minimum absolute atomic E-state index is 0.0541. The molecule has 0 bridgehead atoms. The van der Waals surface area contributed by atoms with Crippen LogP contribution in [0.25, 0.3) is 0 Å². The van der Waals surface area contributed by atoms with Gasteiger partial charge in [-0.25, -0.2) is 0 Å². The largest absolute Gasteiger partial charge is 0.395 e. The van der Waals surface area contributed by atoms with Crippen molar-refractivity contribution in [1.82, 2.24) is 4.90 Å². The molecule has 0 aromatic heterocycles. The molecule has 0 saturated heterocycles. The van der Waals surface area contributed by atoms with Crippen molar-refractivity contribution in [2.75, 3.05) is 13.2 Å². The van der Waals surface area contributed by atoms with E-state index in [1.807, 2.05) is 0 Å². The lowest BCUT2D eigenvalue weighted by Gasteiger charge is -2.28. The molecule has 5 nitrogen and oxygen atoms in total. The first-order chi connectivity index (χ1) is 9.61. The van der Waals surface area contributed by atoms with Crippen LogP contribution in [0.15, 0.2) is 18.2 Å². The zero-order valence-electron chi connectivity index (χ0n) is 11.3. The molecule has 20 heavy (non-hydrogen) atoms. The Hall–Kier alpha value is -1.17. The van der Waals surface area contributed by atoms with E-state index in [-0.39, 0.29) is 12.3 Å². The number of hydrogen-bond acceptors (Lipinski definition) is 4. The molecular weight excluding hydrogens is 280 g/mol. The maximum Gasteiger partial charge on any atom is 0.275 e. The second kappa shape index (κ2) is 7.02. The number of nitro benzene ring substituents is 1. The summed E-state index contributed by atoms with van der Waals surface area (Å²) < 4.78 is 0. The summed E-state index contributed by atoms with van der Waals surface area (Å²) >= 11 is 5.83. The lowest BCUT2D eigenvalue weighted by Crippen LogP contribution is -2.35. The molecule has 0 spiro atoms. The van der Waals surface area contributed by atoms with Gasteiger partial charge in [0, 0.05) is 35.8 Å². The van der Waals surface area contributed by atoms with E-state index in [1.165, 1.54) is 18.9 Å². The zero-order valence-corrected chi connectivity index (χ0v) is 12.1. The molecule has 1 saturated carbocycles. The van der Waals surface area contributed by atoms with Crippen LogP contribution in [0, 0.1) is 10.1 Å². The van der Waals surface area contributed by atoms with Crippen LogP contribution in [0.3, 0.4) is 0 Å². The van der Waals surface area contributed by atoms with Crippen molar-refractivity contribution >= 4 is 17.3 Å². The monoisotopic (exact) mass is 298 g/mol. The first-order valence-electron chi connectivity index (χ1n) is 6.89. The van der Waals surface area contributed by atoms with Crippen LogP contribution in [0.1, 0.15) is 31.2 Å². The number of rotatable bonds is 6. The van der Waals surface area contributed by atoms with Crippen LogP contribution in [-0.4, -0.2) is 34.1 Å². The Labute approximate surface area is 123 Å². The third-order valence-corrected chi connectivity index (χ3v) is 4.08. The van der Waals surface area contributed by atoms with Gasteiger partial charge < -0.3 is 5.11 Å². The van der Waals surface area contributed by atoms with Gasteiger partial charge in [-0.2, -0.15) is 0 Å². The van der Waals surface area contributed by atoms with Crippen molar-refractivity contribution in [2.45, 2.75) is 38.3 Å². The molecule has 0 heterocycles. The smallest absolute Gasteiger partial charge is 0.275 e. The first-order valence-corrected chi connectivity index (χ1v) is 7.27. The van der Waals surface area contributed by atoms with Crippen molar-refractivity contribution in [3.63, 3.8) is 0 Å². The quantitative estimate of drug-likeness (QED) is 0.647. The second-order valence-corrected chi connectivity index (χ2v) is 5.60. The van der Waals surface area contributed by atoms with Gasteiger partial charge >= 0.3 is 0 Å². The SMILES string of the molecule is O=[N+]([O-])c1cc(Cl)ccc1CN(CCO)C1CCCC1.